The first-order valence-corrected chi connectivity index (χ1v) is 6.57. The molecule has 1 heterocycles. The van der Waals surface area contributed by atoms with Gasteiger partial charge >= 0.3 is 5.63 Å². The molecule has 0 aliphatic carbocycles. The Kier molecular flexibility index (Phi) is 3.20. The normalized spacial score (nSPS) is 10.7. The van der Waals surface area contributed by atoms with Gasteiger partial charge in [-0.25, -0.2) is 4.79 Å². The highest BCUT2D eigenvalue weighted by atomic mass is 35.5. The van der Waals surface area contributed by atoms with E-state index in [1.807, 2.05) is 43.3 Å². The Morgan fingerprint density at radius 3 is 2.70 bits per heavy atom. The number of benzene rings is 2. The van der Waals surface area contributed by atoms with Crippen LogP contribution in [0.3, 0.4) is 0 Å². The average molecular weight is 286 g/mol. The fourth-order valence-electron chi connectivity index (χ4n) is 2.12. The van der Waals surface area contributed by atoms with E-state index >= 15 is 0 Å². The fraction of sp³-hybridized carbons (Fsp3) is 0.0625. The zero-order valence-corrected chi connectivity index (χ0v) is 11.6. The van der Waals surface area contributed by atoms with E-state index in [0.717, 1.165) is 22.3 Å². The minimum atomic E-state index is -0.332. The molecule has 0 unspecified atom stereocenters. The van der Waals surface area contributed by atoms with Crippen molar-refractivity contribution in [2.75, 3.05) is 5.32 Å². The van der Waals surface area contributed by atoms with Gasteiger partial charge in [0, 0.05) is 17.1 Å². The lowest BCUT2D eigenvalue weighted by molar-refractivity contribution is 0.560. The largest absolute Gasteiger partial charge is 0.423 e. The van der Waals surface area contributed by atoms with E-state index in [-0.39, 0.29) is 5.63 Å². The minimum Gasteiger partial charge on any atom is -0.423 e. The Balaban J connectivity index is 2.06. The lowest BCUT2D eigenvalue weighted by atomic mass is 10.1. The third-order valence-electron chi connectivity index (χ3n) is 3.10. The van der Waals surface area contributed by atoms with E-state index < -0.39 is 0 Å². The molecule has 0 aliphatic rings. The number of fused-ring (bicyclic) bond motifs is 1. The highest BCUT2D eigenvalue weighted by Gasteiger charge is 2.05. The van der Waals surface area contributed by atoms with E-state index in [4.69, 9.17) is 16.0 Å². The lowest BCUT2D eigenvalue weighted by Crippen LogP contribution is -1.98. The predicted octanol–water partition coefficient (Wildman–Crippen LogP) is 4.50. The molecule has 0 bridgehead atoms. The summed E-state index contributed by atoms with van der Waals surface area (Å²) in [6.45, 7) is 1.89. The van der Waals surface area contributed by atoms with Crippen molar-refractivity contribution in [3.63, 3.8) is 0 Å². The van der Waals surface area contributed by atoms with Crippen LogP contribution in [0.5, 0.6) is 0 Å². The zero-order valence-electron chi connectivity index (χ0n) is 10.8. The zero-order chi connectivity index (χ0) is 14.1. The van der Waals surface area contributed by atoms with Gasteiger partial charge < -0.3 is 9.73 Å². The van der Waals surface area contributed by atoms with Crippen molar-refractivity contribution < 1.29 is 4.42 Å². The second kappa shape index (κ2) is 5.02. The topological polar surface area (TPSA) is 42.2 Å². The first kappa shape index (κ1) is 12.8. The maximum atomic E-state index is 11.3. The summed E-state index contributed by atoms with van der Waals surface area (Å²) in [5, 5.41) is 4.82. The highest BCUT2D eigenvalue weighted by molar-refractivity contribution is 6.33. The van der Waals surface area contributed by atoms with Crippen molar-refractivity contribution in [3.8, 4) is 0 Å². The van der Waals surface area contributed by atoms with Gasteiger partial charge in [-0.15, -0.1) is 0 Å². The molecular weight excluding hydrogens is 274 g/mol. The molecule has 20 heavy (non-hydrogen) atoms. The van der Waals surface area contributed by atoms with Crippen molar-refractivity contribution in [1.29, 1.82) is 0 Å². The monoisotopic (exact) mass is 285 g/mol. The predicted molar refractivity (Wildman–Crippen MR) is 82.0 cm³/mol. The number of halogens is 1. The molecule has 0 amide bonds. The summed E-state index contributed by atoms with van der Waals surface area (Å²) in [4.78, 5) is 11.3. The molecular formula is C16H12ClNO2. The van der Waals surface area contributed by atoms with Gasteiger partial charge in [-0.05, 0) is 42.8 Å². The standard InChI is InChI=1S/C16H12ClNO2/c1-10-8-16(19)20-15-7-6-11(9-12(10)15)18-14-5-3-2-4-13(14)17/h2-9,18H,1H3. The third kappa shape index (κ3) is 2.40. The molecule has 4 heteroatoms. The molecule has 0 aliphatic heterocycles. The SMILES string of the molecule is Cc1cc(=O)oc2ccc(Nc3ccccc3Cl)cc12. The van der Waals surface area contributed by atoms with Crippen LogP contribution in [0.4, 0.5) is 11.4 Å². The Morgan fingerprint density at radius 1 is 1.10 bits per heavy atom. The Labute approximate surface area is 120 Å². The summed E-state index contributed by atoms with van der Waals surface area (Å²) in [5.41, 5.74) is 2.87. The Hall–Kier alpha value is -2.26. The van der Waals surface area contributed by atoms with Crippen molar-refractivity contribution in [2.24, 2.45) is 0 Å². The summed E-state index contributed by atoms with van der Waals surface area (Å²) >= 11 is 6.12. The van der Waals surface area contributed by atoms with Gasteiger partial charge in [-0.2, -0.15) is 0 Å². The molecule has 3 nitrogen and oxygen atoms in total. The fourth-order valence-corrected chi connectivity index (χ4v) is 2.30. The second-order valence-corrected chi connectivity index (χ2v) is 4.97. The molecule has 0 fully saturated rings. The number of hydrogen-bond donors (Lipinski definition) is 1. The smallest absolute Gasteiger partial charge is 0.336 e. The number of anilines is 2. The van der Waals surface area contributed by atoms with Crippen LogP contribution in [0, 0.1) is 6.92 Å². The first-order valence-electron chi connectivity index (χ1n) is 6.19. The van der Waals surface area contributed by atoms with Crippen LogP contribution in [-0.4, -0.2) is 0 Å². The molecule has 0 atom stereocenters. The van der Waals surface area contributed by atoms with Gasteiger partial charge in [0.05, 0.1) is 10.7 Å². The maximum Gasteiger partial charge on any atom is 0.336 e. The van der Waals surface area contributed by atoms with Gasteiger partial charge in [0.15, 0.2) is 0 Å². The molecule has 0 spiro atoms. The van der Waals surface area contributed by atoms with Crippen molar-refractivity contribution in [1.82, 2.24) is 0 Å². The van der Waals surface area contributed by atoms with Crippen LogP contribution < -0.4 is 10.9 Å². The summed E-state index contributed by atoms with van der Waals surface area (Å²) in [6.07, 6.45) is 0. The van der Waals surface area contributed by atoms with Crippen LogP contribution in [0.15, 0.2) is 57.7 Å². The Bertz CT molecular complexity index is 839. The van der Waals surface area contributed by atoms with Crippen molar-refractivity contribution >= 4 is 33.9 Å². The molecule has 100 valence electrons. The van der Waals surface area contributed by atoms with Crippen LogP contribution in [0.2, 0.25) is 5.02 Å². The number of aryl methyl sites for hydroxylation is 1. The molecule has 0 saturated carbocycles. The lowest BCUT2D eigenvalue weighted by Gasteiger charge is -2.09. The van der Waals surface area contributed by atoms with Crippen LogP contribution in [0.1, 0.15) is 5.56 Å². The first-order chi connectivity index (χ1) is 9.63. The molecule has 3 aromatic rings. The van der Waals surface area contributed by atoms with Gasteiger partial charge in [-0.1, -0.05) is 23.7 Å². The number of rotatable bonds is 2. The van der Waals surface area contributed by atoms with Gasteiger partial charge in [-0.3, -0.25) is 0 Å². The van der Waals surface area contributed by atoms with E-state index in [9.17, 15) is 4.79 Å². The van der Waals surface area contributed by atoms with Gasteiger partial charge in [0.25, 0.3) is 0 Å². The van der Waals surface area contributed by atoms with Crippen LogP contribution >= 0.6 is 11.6 Å². The van der Waals surface area contributed by atoms with E-state index in [2.05, 4.69) is 5.32 Å². The molecule has 2 aromatic carbocycles. The number of para-hydroxylation sites is 1. The molecule has 3 rings (SSSR count). The van der Waals surface area contributed by atoms with E-state index in [1.165, 1.54) is 6.07 Å². The van der Waals surface area contributed by atoms with Gasteiger partial charge in [0.1, 0.15) is 5.58 Å². The van der Waals surface area contributed by atoms with Gasteiger partial charge in [0.2, 0.25) is 0 Å². The summed E-state index contributed by atoms with van der Waals surface area (Å²) < 4.78 is 5.16. The van der Waals surface area contributed by atoms with Crippen molar-refractivity contribution in [2.45, 2.75) is 6.92 Å². The molecule has 0 saturated heterocycles. The maximum absolute atomic E-state index is 11.3. The Morgan fingerprint density at radius 2 is 1.90 bits per heavy atom. The van der Waals surface area contributed by atoms with Crippen molar-refractivity contribution in [3.05, 3.63) is 69.5 Å². The summed E-state index contributed by atoms with van der Waals surface area (Å²) in [5.74, 6) is 0. The van der Waals surface area contributed by atoms with E-state index in [1.54, 1.807) is 6.07 Å². The van der Waals surface area contributed by atoms with Crippen LogP contribution in [-0.2, 0) is 0 Å². The molecule has 0 radical (unpaired) electrons. The van der Waals surface area contributed by atoms with Crippen LogP contribution in [0.25, 0.3) is 11.0 Å². The summed E-state index contributed by atoms with van der Waals surface area (Å²) in [7, 11) is 0. The summed E-state index contributed by atoms with van der Waals surface area (Å²) in [6, 6.07) is 14.6. The van der Waals surface area contributed by atoms with E-state index in [0.29, 0.717) is 10.6 Å². The molecule has 1 aromatic heterocycles. The minimum absolute atomic E-state index is 0.332. The third-order valence-corrected chi connectivity index (χ3v) is 3.43. The molecule has 1 N–H and O–H groups in total. The number of hydrogen-bond acceptors (Lipinski definition) is 3. The quantitative estimate of drug-likeness (QED) is 0.705. The number of nitrogens with one attached hydrogen (secondary N) is 1. The average Bonchev–Trinajstić information content (AvgIpc) is 2.42. The highest BCUT2D eigenvalue weighted by Crippen LogP contribution is 2.27. The second-order valence-electron chi connectivity index (χ2n) is 4.56.